The van der Waals surface area contributed by atoms with Crippen LogP contribution in [-0.2, 0) is 4.74 Å². The molecule has 1 saturated carbocycles. The van der Waals surface area contributed by atoms with Crippen LogP contribution in [0.2, 0.25) is 10.0 Å². The predicted octanol–water partition coefficient (Wildman–Crippen LogP) is 4.06. The van der Waals surface area contributed by atoms with Crippen LogP contribution in [0.3, 0.4) is 0 Å². The van der Waals surface area contributed by atoms with Crippen molar-refractivity contribution in [3.63, 3.8) is 0 Å². The van der Waals surface area contributed by atoms with E-state index in [2.05, 4.69) is 15.3 Å². The molecule has 1 amide bonds. The molecule has 0 saturated heterocycles. The minimum atomic E-state index is -1.18. The van der Waals surface area contributed by atoms with Crippen molar-refractivity contribution in [3.05, 3.63) is 46.5 Å². The first-order valence-corrected chi connectivity index (χ1v) is 12.6. The predicted molar refractivity (Wildman–Crippen MR) is 139 cm³/mol. The van der Waals surface area contributed by atoms with Gasteiger partial charge in [0.05, 0.1) is 28.3 Å². The van der Waals surface area contributed by atoms with Gasteiger partial charge in [0.1, 0.15) is 42.5 Å². The van der Waals surface area contributed by atoms with Crippen LogP contribution in [0.4, 0.5) is 4.79 Å². The lowest BCUT2D eigenvalue weighted by Crippen LogP contribution is -2.35. The highest BCUT2D eigenvalue weighted by Crippen LogP contribution is 2.41. The van der Waals surface area contributed by atoms with Gasteiger partial charge in [-0.3, -0.25) is 0 Å². The van der Waals surface area contributed by atoms with Crippen LogP contribution in [0.1, 0.15) is 38.9 Å². The molecule has 0 bridgehead atoms. The summed E-state index contributed by atoms with van der Waals surface area (Å²) < 4.78 is 18.9. The van der Waals surface area contributed by atoms with Crippen LogP contribution >= 0.6 is 23.2 Å². The highest BCUT2D eigenvalue weighted by molar-refractivity contribution is 6.42. The van der Waals surface area contributed by atoms with Gasteiger partial charge >= 0.3 is 6.09 Å². The second kappa shape index (κ2) is 10.9. The van der Waals surface area contributed by atoms with Gasteiger partial charge in [-0.1, -0.05) is 23.2 Å². The summed E-state index contributed by atoms with van der Waals surface area (Å²) in [5.41, 5.74) is 0.877. The van der Waals surface area contributed by atoms with Crippen molar-refractivity contribution >= 4 is 40.3 Å². The van der Waals surface area contributed by atoms with Gasteiger partial charge in [0.15, 0.2) is 11.5 Å². The number of ether oxygens (including phenoxy) is 3. The summed E-state index contributed by atoms with van der Waals surface area (Å²) in [6, 6.07) is 4.40. The Labute approximate surface area is 224 Å². The number of aliphatic hydroxyl groups is 2. The van der Waals surface area contributed by atoms with Crippen LogP contribution in [0.5, 0.6) is 11.5 Å². The van der Waals surface area contributed by atoms with E-state index >= 15 is 0 Å². The second-order valence-electron chi connectivity index (χ2n) is 9.85. The smallest absolute Gasteiger partial charge is 0.407 e. The van der Waals surface area contributed by atoms with Crippen molar-refractivity contribution in [1.82, 2.24) is 19.9 Å². The summed E-state index contributed by atoms with van der Waals surface area (Å²) >= 11 is 12.4. The van der Waals surface area contributed by atoms with Gasteiger partial charge in [0.25, 0.3) is 0 Å². The normalized spacial score (nSPS) is 21.7. The average molecular weight is 553 g/mol. The standard InChI is InChI=1S/C25H30Cl2N4O6/c1-13-14-5-7-31(23(14)30-12-29-13)17-11-20(22(33)21(17)32)36-19-10-16(27)15(26)9-18(19)35-8-6-28-24(34)37-25(2,3)4/h5,7,9-10,12,17,20-22,32-33H,6,8,11H2,1-4H3,(H,28,34)/t17-,20+,21+,22-/m1/s1. The molecule has 2 aromatic heterocycles. The third kappa shape index (κ3) is 6.20. The monoisotopic (exact) mass is 552 g/mol. The molecule has 0 unspecified atom stereocenters. The number of carbonyl (C=O) groups excluding carboxylic acids is 1. The van der Waals surface area contributed by atoms with E-state index in [1.807, 2.05) is 23.8 Å². The first kappa shape index (κ1) is 27.3. The number of nitrogens with zero attached hydrogens (tertiary/aromatic N) is 3. The fraction of sp³-hybridized carbons (Fsp3) is 0.480. The summed E-state index contributed by atoms with van der Waals surface area (Å²) in [6.07, 6.45) is -0.0108. The Morgan fingerprint density at radius 1 is 1.16 bits per heavy atom. The molecule has 0 radical (unpaired) electrons. The van der Waals surface area contributed by atoms with E-state index in [1.165, 1.54) is 18.5 Å². The van der Waals surface area contributed by atoms with Gasteiger partial charge in [0.2, 0.25) is 0 Å². The maximum atomic E-state index is 11.8. The number of amides is 1. The third-order valence-electron chi connectivity index (χ3n) is 5.96. The van der Waals surface area contributed by atoms with Gasteiger partial charge in [-0.25, -0.2) is 14.8 Å². The van der Waals surface area contributed by atoms with E-state index in [9.17, 15) is 15.0 Å². The van der Waals surface area contributed by atoms with E-state index in [-0.39, 0.29) is 34.7 Å². The van der Waals surface area contributed by atoms with Crippen LogP contribution in [-0.4, -0.2) is 67.9 Å². The van der Waals surface area contributed by atoms with Crippen molar-refractivity contribution in [3.8, 4) is 11.5 Å². The molecule has 37 heavy (non-hydrogen) atoms. The first-order valence-electron chi connectivity index (χ1n) is 11.8. The SMILES string of the molecule is Cc1ncnc2c1ccn2[C@@H]1C[C@H](Oc2cc(Cl)c(Cl)cc2OCCNC(=O)OC(C)(C)C)[C@@H](O)[C@H]1O. The number of halogens is 2. The maximum Gasteiger partial charge on any atom is 0.407 e. The highest BCUT2D eigenvalue weighted by atomic mass is 35.5. The Balaban J connectivity index is 1.46. The molecule has 0 aliphatic heterocycles. The number of alkyl carbamates (subject to hydrolysis) is 1. The number of fused-ring (bicyclic) bond motifs is 1. The van der Waals surface area contributed by atoms with Crippen molar-refractivity contribution in [2.24, 2.45) is 0 Å². The number of aromatic nitrogens is 3. The number of aliphatic hydroxyl groups excluding tert-OH is 2. The quantitative estimate of drug-likeness (QED) is 0.374. The maximum absolute atomic E-state index is 11.8. The number of nitrogens with one attached hydrogen (secondary N) is 1. The fourth-order valence-corrected chi connectivity index (χ4v) is 4.54. The topological polar surface area (TPSA) is 128 Å². The molecule has 0 spiro atoms. The number of benzene rings is 1. The van der Waals surface area contributed by atoms with Crippen molar-refractivity contribution in [1.29, 1.82) is 0 Å². The van der Waals surface area contributed by atoms with E-state index in [0.717, 1.165) is 11.1 Å². The fourth-order valence-electron chi connectivity index (χ4n) is 4.23. The Morgan fingerprint density at radius 3 is 2.57 bits per heavy atom. The molecule has 4 atom stereocenters. The Kier molecular flexibility index (Phi) is 8.03. The zero-order chi connectivity index (χ0) is 26.9. The molecule has 1 aromatic carbocycles. The second-order valence-corrected chi connectivity index (χ2v) is 10.7. The van der Waals surface area contributed by atoms with Crippen molar-refractivity contribution in [2.45, 2.75) is 64.1 Å². The molecule has 12 heteroatoms. The lowest BCUT2D eigenvalue weighted by atomic mass is 10.2. The number of aryl methyl sites for hydroxylation is 1. The molecular formula is C25H30Cl2N4O6. The van der Waals surface area contributed by atoms with Gasteiger partial charge < -0.3 is 34.3 Å². The van der Waals surface area contributed by atoms with Crippen molar-refractivity contribution in [2.75, 3.05) is 13.2 Å². The molecule has 1 aliphatic carbocycles. The van der Waals surface area contributed by atoms with Gasteiger partial charge in [0, 0.05) is 30.1 Å². The highest BCUT2D eigenvalue weighted by Gasteiger charge is 2.44. The Bertz CT molecular complexity index is 1280. The van der Waals surface area contributed by atoms with E-state index in [1.54, 1.807) is 20.8 Å². The zero-order valence-corrected chi connectivity index (χ0v) is 22.5. The molecule has 4 rings (SSSR count). The molecule has 3 N–H and O–H groups in total. The lowest BCUT2D eigenvalue weighted by Gasteiger charge is -2.21. The van der Waals surface area contributed by atoms with Crippen molar-refractivity contribution < 1.29 is 29.2 Å². The summed E-state index contributed by atoms with van der Waals surface area (Å²) in [5.74, 6) is 0.527. The first-order chi connectivity index (χ1) is 17.4. The number of hydrogen-bond donors (Lipinski definition) is 3. The van der Waals surface area contributed by atoms with Gasteiger partial charge in [-0.05, 0) is 33.8 Å². The zero-order valence-electron chi connectivity index (χ0n) is 20.9. The summed E-state index contributed by atoms with van der Waals surface area (Å²) in [5, 5.41) is 25.6. The minimum Gasteiger partial charge on any atom is -0.488 e. The van der Waals surface area contributed by atoms with Crippen LogP contribution in [0.15, 0.2) is 30.7 Å². The number of hydrogen-bond acceptors (Lipinski definition) is 8. The average Bonchev–Trinajstić information content (AvgIpc) is 3.36. The van der Waals surface area contributed by atoms with E-state index in [0.29, 0.717) is 12.1 Å². The van der Waals surface area contributed by atoms with Crippen LogP contribution in [0, 0.1) is 6.92 Å². The van der Waals surface area contributed by atoms with Crippen LogP contribution in [0.25, 0.3) is 11.0 Å². The molecule has 10 nitrogen and oxygen atoms in total. The lowest BCUT2D eigenvalue weighted by molar-refractivity contribution is -0.0170. The van der Waals surface area contributed by atoms with E-state index in [4.69, 9.17) is 37.4 Å². The molecule has 1 fully saturated rings. The largest absolute Gasteiger partial charge is 0.488 e. The Hall–Kier alpha value is -2.79. The van der Waals surface area contributed by atoms with E-state index < -0.39 is 36.0 Å². The number of carbonyl (C=O) groups is 1. The van der Waals surface area contributed by atoms with Crippen LogP contribution < -0.4 is 14.8 Å². The molecule has 2 heterocycles. The molecule has 3 aromatic rings. The molecular weight excluding hydrogens is 523 g/mol. The summed E-state index contributed by atoms with van der Waals surface area (Å²) in [6.45, 7) is 7.47. The Morgan fingerprint density at radius 2 is 1.86 bits per heavy atom. The summed E-state index contributed by atoms with van der Waals surface area (Å²) in [7, 11) is 0. The molecule has 200 valence electrons. The third-order valence-corrected chi connectivity index (χ3v) is 6.68. The summed E-state index contributed by atoms with van der Waals surface area (Å²) in [4.78, 5) is 20.4. The van der Waals surface area contributed by atoms with Gasteiger partial charge in [-0.15, -0.1) is 0 Å². The molecule has 1 aliphatic rings. The minimum absolute atomic E-state index is 0.0977. The van der Waals surface area contributed by atoms with Gasteiger partial charge in [-0.2, -0.15) is 0 Å². The number of rotatable bonds is 7.